The molecule has 140 valence electrons. The van der Waals surface area contributed by atoms with Crippen molar-refractivity contribution >= 4 is 17.7 Å². The minimum absolute atomic E-state index is 0.282. The molecule has 0 atom stereocenters. The second-order valence-electron chi connectivity index (χ2n) is 6.51. The fraction of sp³-hybridized carbons (Fsp3) is 0.250. The Bertz CT molecular complexity index is 895. The lowest BCUT2D eigenvalue weighted by Gasteiger charge is -2.25. The number of carbonyl (C=O) groups excluding carboxylic acids is 1. The molecule has 3 aromatic rings. The highest BCUT2D eigenvalue weighted by Gasteiger charge is 2.31. The molecule has 0 fully saturated rings. The van der Waals surface area contributed by atoms with E-state index in [-0.39, 0.29) is 5.91 Å². The summed E-state index contributed by atoms with van der Waals surface area (Å²) in [4.78, 5) is 12.8. The van der Waals surface area contributed by atoms with Crippen molar-refractivity contribution in [1.29, 1.82) is 0 Å². The van der Waals surface area contributed by atoms with Gasteiger partial charge in [0.2, 0.25) is 5.16 Å². The van der Waals surface area contributed by atoms with Gasteiger partial charge in [-0.05, 0) is 38.5 Å². The first-order valence-corrected chi connectivity index (χ1v) is 9.58. The highest BCUT2D eigenvalue weighted by atomic mass is 32.2. The number of nitrogens with zero attached hydrogens (tertiary/aromatic N) is 3. The Morgan fingerprint density at radius 1 is 1.07 bits per heavy atom. The second-order valence-corrected chi connectivity index (χ2v) is 7.45. The number of benzene rings is 2. The number of hydrogen-bond acceptors (Lipinski definition) is 5. The number of rotatable bonds is 7. The average molecular weight is 382 g/mol. The van der Waals surface area contributed by atoms with Crippen LogP contribution in [0.4, 0.5) is 0 Å². The van der Waals surface area contributed by atoms with Crippen molar-refractivity contribution in [1.82, 2.24) is 14.9 Å². The molecular formula is C20H22N4O2S. The van der Waals surface area contributed by atoms with Crippen molar-refractivity contribution in [3.8, 4) is 5.75 Å². The van der Waals surface area contributed by atoms with Crippen LogP contribution in [-0.4, -0.2) is 26.4 Å². The number of aromatic nitrogens is 3. The topological polar surface area (TPSA) is 69.0 Å². The average Bonchev–Trinajstić information content (AvgIpc) is 3.01. The van der Waals surface area contributed by atoms with E-state index in [1.165, 1.54) is 17.3 Å². The van der Waals surface area contributed by atoms with Gasteiger partial charge in [0, 0.05) is 5.75 Å². The molecule has 1 heterocycles. The van der Waals surface area contributed by atoms with Crippen molar-refractivity contribution < 1.29 is 9.53 Å². The van der Waals surface area contributed by atoms with Gasteiger partial charge in [-0.15, -0.1) is 10.2 Å². The predicted octanol–water partition coefficient (Wildman–Crippen LogP) is 3.81. The van der Waals surface area contributed by atoms with Crippen LogP contribution in [0, 0.1) is 6.92 Å². The number of nitrogens with one attached hydrogen (secondary N) is 1. The van der Waals surface area contributed by atoms with Crippen molar-refractivity contribution in [3.63, 3.8) is 0 Å². The van der Waals surface area contributed by atoms with E-state index in [1.807, 2.05) is 48.5 Å². The van der Waals surface area contributed by atoms with E-state index in [1.54, 1.807) is 25.4 Å². The molecule has 0 saturated heterocycles. The molecule has 1 N–H and O–H groups in total. The third-order valence-electron chi connectivity index (χ3n) is 3.88. The molecule has 0 bridgehead atoms. The zero-order valence-corrected chi connectivity index (χ0v) is 16.4. The molecule has 1 amide bonds. The van der Waals surface area contributed by atoms with E-state index in [9.17, 15) is 4.79 Å². The van der Waals surface area contributed by atoms with Gasteiger partial charge in [-0.25, -0.2) is 4.68 Å². The van der Waals surface area contributed by atoms with Crippen LogP contribution in [0.15, 0.2) is 65.8 Å². The zero-order valence-electron chi connectivity index (χ0n) is 15.5. The van der Waals surface area contributed by atoms with E-state index in [2.05, 4.69) is 27.8 Å². The summed E-state index contributed by atoms with van der Waals surface area (Å²) < 4.78 is 7.45. The molecule has 0 spiro atoms. The summed E-state index contributed by atoms with van der Waals surface area (Å²) in [7, 11) is 0. The molecule has 1 aromatic heterocycles. The maximum absolute atomic E-state index is 12.8. The van der Waals surface area contributed by atoms with E-state index in [0.29, 0.717) is 16.7 Å². The quantitative estimate of drug-likeness (QED) is 0.630. The maximum atomic E-state index is 12.8. The molecule has 2 aromatic carbocycles. The van der Waals surface area contributed by atoms with Crippen LogP contribution >= 0.6 is 11.8 Å². The van der Waals surface area contributed by atoms with Gasteiger partial charge in [0.05, 0.1) is 0 Å². The first-order valence-electron chi connectivity index (χ1n) is 8.60. The van der Waals surface area contributed by atoms with Crippen LogP contribution in [0.3, 0.4) is 0 Å². The number of para-hydroxylation sites is 1. The summed E-state index contributed by atoms with van der Waals surface area (Å²) >= 11 is 1.51. The number of hydrogen-bond donors (Lipinski definition) is 1. The lowest BCUT2D eigenvalue weighted by molar-refractivity contribution is -0.129. The van der Waals surface area contributed by atoms with Crippen molar-refractivity contribution in [2.45, 2.75) is 37.3 Å². The van der Waals surface area contributed by atoms with E-state index < -0.39 is 5.60 Å². The molecule has 27 heavy (non-hydrogen) atoms. The molecule has 0 saturated carbocycles. The summed E-state index contributed by atoms with van der Waals surface area (Å²) in [6.07, 6.45) is 0. The summed E-state index contributed by atoms with van der Waals surface area (Å²) in [6.45, 7) is 5.25. The van der Waals surface area contributed by atoms with Crippen molar-refractivity contribution in [3.05, 3.63) is 72.1 Å². The Morgan fingerprint density at radius 2 is 1.70 bits per heavy atom. The van der Waals surface area contributed by atoms with Crippen LogP contribution in [0.2, 0.25) is 0 Å². The Labute approximate surface area is 162 Å². The number of amides is 1. The third kappa shape index (κ3) is 4.89. The lowest BCUT2D eigenvalue weighted by atomic mass is 10.1. The fourth-order valence-electron chi connectivity index (χ4n) is 2.35. The predicted molar refractivity (Wildman–Crippen MR) is 106 cm³/mol. The summed E-state index contributed by atoms with van der Waals surface area (Å²) in [5.74, 6) is 1.70. The molecule has 0 aliphatic carbocycles. The van der Waals surface area contributed by atoms with Crippen LogP contribution in [0.5, 0.6) is 5.75 Å². The molecule has 0 aliphatic heterocycles. The van der Waals surface area contributed by atoms with E-state index in [4.69, 9.17) is 4.74 Å². The standard InChI is InChI=1S/C20H22N4O2S/c1-15-21-22-19(27-14-16-10-6-4-7-11-16)24(15)23-18(25)20(2,3)26-17-12-8-5-9-13-17/h4-13H,14H2,1-3H3,(H,23,25). The first kappa shape index (κ1) is 19.0. The van der Waals surface area contributed by atoms with Gasteiger partial charge in [-0.1, -0.05) is 60.3 Å². The van der Waals surface area contributed by atoms with Gasteiger partial charge in [0.1, 0.15) is 11.6 Å². The van der Waals surface area contributed by atoms with Gasteiger partial charge in [0.25, 0.3) is 5.91 Å². The van der Waals surface area contributed by atoms with Gasteiger partial charge in [-0.2, -0.15) is 0 Å². The van der Waals surface area contributed by atoms with Crippen LogP contribution in [-0.2, 0) is 10.5 Å². The Hall–Kier alpha value is -2.80. The normalized spacial score (nSPS) is 11.2. The molecule has 3 rings (SSSR count). The summed E-state index contributed by atoms with van der Waals surface area (Å²) in [6, 6.07) is 19.4. The number of aryl methyl sites for hydroxylation is 1. The van der Waals surface area contributed by atoms with Crippen LogP contribution in [0.25, 0.3) is 0 Å². The van der Waals surface area contributed by atoms with E-state index in [0.717, 1.165) is 5.75 Å². The SMILES string of the molecule is Cc1nnc(SCc2ccccc2)n1NC(=O)C(C)(C)Oc1ccccc1. The number of thioether (sulfide) groups is 1. The molecule has 6 nitrogen and oxygen atoms in total. The zero-order chi connectivity index (χ0) is 19.3. The third-order valence-corrected chi connectivity index (χ3v) is 4.88. The number of carbonyl (C=O) groups is 1. The van der Waals surface area contributed by atoms with Gasteiger partial charge >= 0.3 is 0 Å². The van der Waals surface area contributed by atoms with Gasteiger partial charge in [-0.3, -0.25) is 10.2 Å². The molecule has 7 heteroatoms. The monoisotopic (exact) mass is 382 g/mol. The van der Waals surface area contributed by atoms with Gasteiger partial charge < -0.3 is 4.74 Å². The van der Waals surface area contributed by atoms with Crippen molar-refractivity contribution in [2.24, 2.45) is 0 Å². The van der Waals surface area contributed by atoms with Crippen LogP contribution < -0.4 is 10.2 Å². The Kier molecular flexibility index (Phi) is 5.81. The summed E-state index contributed by atoms with van der Waals surface area (Å²) in [5, 5.41) is 8.88. The summed E-state index contributed by atoms with van der Waals surface area (Å²) in [5.41, 5.74) is 2.98. The Morgan fingerprint density at radius 3 is 2.37 bits per heavy atom. The minimum atomic E-state index is -1.06. The Balaban J connectivity index is 1.69. The molecule has 0 aliphatic rings. The minimum Gasteiger partial charge on any atom is -0.478 e. The maximum Gasteiger partial charge on any atom is 0.282 e. The van der Waals surface area contributed by atoms with Crippen molar-refractivity contribution in [2.75, 3.05) is 5.43 Å². The molecule has 0 radical (unpaired) electrons. The molecular weight excluding hydrogens is 360 g/mol. The second kappa shape index (κ2) is 8.26. The fourth-order valence-corrected chi connectivity index (χ4v) is 3.25. The number of ether oxygens (including phenoxy) is 1. The highest BCUT2D eigenvalue weighted by molar-refractivity contribution is 7.98. The highest BCUT2D eigenvalue weighted by Crippen LogP contribution is 2.22. The van der Waals surface area contributed by atoms with Crippen LogP contribution in [0.1, 0.15) is 25.2 Å². The van der Waals surface area contributed by atoms with Gasteiger partial charge in [0.15, 0.2) is 5.60 Å². The van der Waals surface area contributed by atoms with E-state index >= 15 is 0 Å². The largest absolute Gasteiger partial charge is 0.478 e. The smallest absolute Gasteiger partial charge is 0.282 e. The lowest BCUT2D eigenvalue weighted by Crippen LogP contribution is -2.45. The molecule has 0 unspecified atom stereocenters. The first-order chi connectivity index (χ1) is 13.0.